The molecule has 138 valence electrons. The van der Waals surface area contributed by atoms with Crippen molar-refractivity contribution in [2.75, 3.05) is 13.1 Å². The fraction of sp³-hybridized carbons (Fsp3) is 0.500. The molecule has 2 aromatic rings. The van der Waals surface area contributed by atoms with E-state index in [0.717, 1.165) is 5.56 Å². The minimum Gasteiger partial charge on any atom is -0.481 e. The third kappa shape index (κ3) is 3.74. The molecule has 3 rings (SSSR count). The van der Waals surface area contributed by atoms with Crippen molar-refractivity contribution in [3.05, 3.63) is 30.3 Å². The number of hydrogen-bond donors (Lipinski definition) is 1. The molecule has 2 atom stereocenters. The summed E-state index contributed by atoms with van der Waals surface area (Å²) in [6.07, 6.45) is 1.29. The van der Waals surface area contributed by atoms with Crippen LogP contribution in [0, 0.1) is 11.8 Å². The maximum Gasteiger partial charge on any atom is 0.308 e. The molecule has 1 aromatic carbocycles. The van der Waals surface area contributed by atoms with E-state index in [-0.39, 0.29) is 18.4 Å². The molecule has 1 unspecified atom stereocenters. The van der Waals surface area contributed by atoms with Crippen molar-refractivity contribution in [1.29, 1.82) is 0 Å². The van der Waals surface area contributed by atoms with E-state index in [1.165, 1.54) is 4.80 Å². The van der Waals surface area contributed by atoms with Crippen LogP contribution >= 0.6 is 0 Å². The number of carboxylic acids is 1. The largest absolute Gasteiger partial charge is 0.481 e. The number of likely N-dealkylation sites (tertiary alicyclic amines) is 1. The Hall–Kier alpha value is -2.77. The van der Waals surface area contributed by atoms with Gasteiger partial charge in [0.05, 0.1) is 5.92 Å². The number of aliphatic carboxylic acids is 1. The first-order valence-electron chi connectivity index (χ1n) is 8.84. The second-order valence-electron chi connectivity index (χ2n) is 6.95. The van der Waals surface area contributed by atoms with E-state index in [1.54, 1.807) is 4.90 Å². The predicted molar refractivity (Wildman–Crippen MR) is 94.1 cm³/mol. The minimum atomic E-state index is -0.853. The molecule has 1 aliphatic heterocycles. The SMILES string of the molecule is CC(C)C(C(=O)N1CCC[C@H](C(=O)O)C1)n1nnc(-c2ccccc2)n1. The molecule has 1 saturated heterocycles. The van der Waals surface area contributed by atoms with Crippen LogP contribution in [0.3, 0.4) is 0 Å². The monoisotopic (exact) mass is 357 g/mol. The highest BCUT2D eigenvalue weighted by molar-refractivity contribution is 5.81. The molecule has 1 aliphatic rings. The van der Waals surface area contributed by atoms with Crippen molar-refractivity contribution in [3.8, 4) is 11.4 Å². The molecule has 8 heteroatoms. The highest BCUT2D eigenvalue weighted by Crippen LogP contribution is 2.24. The molecule has 1 fully saturated rings. The zero-order chi connectivity index (χ0) is 18.7. The Morgan fingerprint density at radius 1 is 1.23 bits per heavy atom. The Morgan fingerprint density at radius 2 is 1.96 bits per heavy atom. The lowest BCUT2D eigenvalue weighted by Gasteiger charge is -2.33. The van der Waals surface area contributed by atoms with E-state index in [2.05, 4.69) is 15.4 Å². The summed E-state index contributed by atoms with van der Waals surface area (Å²) in [6.45, 7) is 4.64. The average Bonchev–Trinajstić information content (AvgIpc) is 3.12. The van der Waals surface area contributed by atoms with E-state index >= 15 is 0 Å². The van der Waals surface area contributed by atoms with E-state index in [4.69, 9.17) is 0 Å². The van der Waals surface area contributed by atoms with Crippen LogP contribution in [0.5, 0.6) is 0 Å². The van der Waals surface area contributed by atoms with E-state index in [9.17, 15) is 14.7 Å². The molecule has 1 aromatic heterocycles. The van der Waals surface area contributed by atoms with Crippen LogP contribution in [0.1, 0.15) is 32.7 Å². The van der Waals surface area contributed by atoms with Gasteiger partial charge in [0.15, 0.2) is 6.04 Å². The fourth-order valence-electron chi connectivity index (χ4n) is 3.26. The number of tetrazole rings is 1. The number of amides is 1. The Balaban J connectivity index is 1.82. The van der Waals surface area contributed by atoms with Crippen LogP contribution in [0.25, 0.3) is 11.4 Å². The molecule has 2 heterocycles. The van der Waals surface area contributed by atoms with Gasteiger partial charge in [-0.2, -0.15) is 4.80 Å². The topological polar surface area (TPSA) is 101 Å². The van der Waals surface area contributed by atoms with Crippen LogP contribution in [0.2, 0.25) is 0 Å². The summed E-state index contributed by atoms with van der Waals surface area (Å²) < 4.78 is 0. The van der Waals surface area contributed by atoms with Gasteiger partial charge in [0.1, 0.15) is 0 Å². The molecule has 0 spiro atoms. The second-order valence-corrected chi connectivity index (χ2v) is 6.95. The molecule has 1 amide bonds. The Bertz CT molecular complexity index is 774. The van der Waals surface area contributed by atoms with Gasteiger partial charge >= 0.3 is 5.97 Å². The highest BCUT2D eigenvalue weighted by atomic mass is 16.4. The standard InChI is InChI=1S/C18H23N5O3/c1-12(2)15(17(24)22-10-6-9-14(11-22)18(25)26)23-20-16(19-21-23)13-7-4-3-5-8-13/h3-5,7-8,12,14-15H,6,9-11H2,1-2H3,(H,25,26)/t14-,15?/m0/s1. The quantitative estimate of drug-likeness (QED) is 0.876. The summed E-state index contributed by atoms with van der Waals surface area (Å²) in [6, 6.07) is 8.85. The number of carboxylic acid groups (broad SMARTS) is 1. The third-order valence-corrected chi connectivity index (χ3v) is 4.68. The van der Waals surface area contributed by atoms with Crippen LogP contribution in [0.4, 0.5) is 0 Å². The summed E-state index contributed by atoms with van der Waals surface area (Å²) in [7, 11) is 0. The predicted octanol–water partition coefficient (Wildman–Crippen LogP) is 1.86. The van der Waals surface area contributed by atoms with E-state index in [1.807, 2.05) is 44.2 Å². The zero-order valence-corrected chi connectivity index (χ0v) is 14.9. The summed E-state index contributed by atoms with van der Waals surface area (Å²) in [5.41, 5.74) is 0.831. The van der Waals surface area contributed by atoms with Crippen LogP contribution in [-0.2, 0) is 9.59 Å². The Kier molecular flexibility index (Phi) is 5.29. The van der Waals surface area contributed by atoms with Gasteiger partial charge in [-0.1, -0.05) is 44.2 Å². The van der Waals surface area contributed by atoms with Gasteiger partial charge in [0, 0.05) is 18.7 Å². The summed E-state index contributed by atoms with van der Waals surface area (Å²) in [5.74, 6) is -1.10. The fourth-order valence-corrected chi connectivity index (χ4v) is 3.26. The van der Waals surface area contributed by atoms with Gasteiger partial charge in [-0.25, -0.2) is 0 Å². The molecule has 0 saturated carbocycles. The first kappa shape index (κ1) is 18.0. The zero-order valence-electron chi connectivity index (χ0n) is 14.9. The molecule has 0 bridgehead atoms. The molecular weight excluding hydrogens is 334 g/mol. The van der Waals surface area contributed by atoms with E-state index < -0.39 is 17.9 Å². The van der Waals surface area contributed by atoms with Crippen LogP contribution in [0.15, 0.2) is 30.3 Å². The van der Waals surface area contributed by atoms with Crippen LogP contribution in [-0.4, -0.2) is 55.2 Å². The lowest BCUT2D eigenvalue weighted by Crippen LogP contribution is -2.46. The van der Waals surface area contributed by atoms with Gasteiger partial charge < -0.3 is 10.0 Å². The summed E-state index contributed by atoms with van der Waals surface area (Å²) in [5, 5.41) is 21.8. The van der Waals surface area contributed by atoms with Gasteiger partial charge in [-0.15, -0.1) is 10.2 Å². The Morgan fingerprint density at radius 3 is 2.62 bits per heavy atom. The maximum atomic E-state index is 13.1. The lowest BCUT2D eigenvalue weighted by molar-refractivity contribution is -0.147. The highest BCUT2D eigenvalue weighted by Gasteiger charge is 2.35. The van der Waals surface area contributed by atoms with Gasteiger partial charge in [-0.3, -0.25) is 9.59 Å². The van der Waals surface area contributed by atoms with Crippen molar-refractivity contribution >= 4 is 11.9 Å². The molecule has 26 heavy (non-hydrogen) atoms. The van der Waals surface area contributed by atoms with Gasteiger partial charge in [0.25, 0.3) is 0 Å². The number of aromatic nitrogens is 4. The maximum absolute atomic E-state index is 13.1. The molecule has 0 aliphatic carbocycles. The van der Waals surface area contributed by atoms with Gasteiger partial charge in [-0.05, 0) is 24.0 Å². The van der Waals surface area contributed by atoms with Crippen molar-refractivity contribution in [2.24, 2.45) is 11.8 Å². The molecule has 8 nitrogen and oxygen atoms in total. The number of nitrogens with zero attached hydrogens (tertiary/aromatic N) is 5. The van der Waals surface area contributed by atoms with Gasteiger partial charge in [0.2, 0.25) is 11.7 Å². The number of carbonyl (C=O) groups excluding carboxylic acids is 1. The lowest BCUT2D eigenvalue weighted by atomic mass is 9.96. The number of benzene rings is 1. The second kappa shape index (κ2) is 7.63. The van der Waals surface area contributed by atoms with E-state index in [0.29, 0.717) is 25.2 Å². The minimum absolute atomic E-state index is 0.0504. The molecular formula is C18H23N5O3. The number of carbonyl (C=O) groups is 2. The third-order valence-electron chi connectivity index (χ3n) is 4.68. The molecule has 0 radical (unpaired) electrons. The van der Waals surface area contributed by atoms with Crippen molar-refractivity contribution in [3.63, 3.8) is 0 Å². The summed E-state index contributed by atoms with van der Waals surface area (Å²) >= 11 is 0. The summed E-state index contributed by atoms with van der Waals surface area (Å²) in [4.78, 5) is 27.3. The average molecular weight is 357 g/mol. The first-order valence-corrected chi connectivity index (χ1v) is 8.84. The first-order chi connectivity index (χ1) is 12.5. The number of rotatable bonds is 5. The normalized spacial score (nSPS) is 18.7. The van der Waals surface area contributed by atoms with Crippen molar-refractivity contribution in [1.82, 2.24) is 25.1 Å². The molecule has 1 N–H and O–H groups in total. The number of hydrogen-bond acceptors (Lipinski definition) is 5. The Labute approximate surface area is 151 Å². The van der Waals surface area contributed by atoms with Crippen LogP contribution < -0.4 is 0 Å². The smallest absolute Gasteiger partial charge is 0.308 e. The van der Waals surface area contributed by atoms with Crippen molar-refractivity contribution in [2.45, 2.75) is 32.7 Å². The van der Waals surface area contributed by atoms with Crippen molar-refractivity contribution < 1.29 is 14.7 Å². The number of piperidine rings is 1.